The summed E-state index contributed by atoms with van der Waals surface area (Å²) in [7, 11) is 0. The Balaban J connectivity index is 1.45. The third kappa shape index (κ3) is 2.29. The monoisotopic (exact) mass is 271 g/mol. The van der Waals surface area contributed by atoms with E-state index < -0.39 is 0 Å². The Morgan fingerprint density at radius 1 is 1.10 bits per heavy atom. The smallest absolute Gasteiger partial charge is 0.0697 e. The van der Waals surface area contributed by atoms with E-state index in [-0.39, 0.29) is 5.60 Å². The van der Waals surface area contributed by atoms with Crippen LogP contribution in [0.1, 0.15) is 62.1 Å². The van der Waals surface area contributed by atoms with E-state index in [1.54, 1.807) is 11.1 Å². The van der Waals surface area contributed by atoms with Crippen molar-refractivity contribution in [1.82, 2.24) is 5.32 Å². The second kappa shape index (κ2) is 5.16. The van der Waals surface area contributed by atoms with Crippen LogP contribution in [-0.4, -0.2) is 18.2 Å². The molecule has 108 valence electrons. The summed E-state index contributed by atoms with van der Waals surface area (Å²) in [5.74, 6) is 0. The molecule has 1 heterocycles. The standard InChI is InChI=1S/C18H25NO/c1-2-6-16-14(5-1)7-8-17(16)19-15-9-12-20-18(13-15)10-3-4-11-18/h1-2,5-6,15,17,19H,3-4,7-13H2. The minimum Gasteiger partial charge on any atom is -0.375 e. The number of aryl methyl sites for hydroxylation is 1. The lowest BCUT2D eigenvalue weighted by molar-refractivity contribution is -0.0847. The van der Waals surface area contributed by atoms with E-state index in [2.05, 4.69) is 29.6 Å². The first-order chi connectivity index (χ1) is 9.85. The average molecular weight is 271 g/mol. The number of fused-ring (bicyclic) bond motifs is 1. The Kier molecular flexibility index (Phi) is 3.31. The first kappa shape index (κ1) is 12.8. The largest absolute Gasteiger partial charge is 0.375 e. The molecular weight excluding hydrogens is 246 g/mol. The predicted octanol–water partition coefficient (Wildman–Crippen LogP) is 3.76. The molecule has 0 radical (unpaired) electrons. The van der Waals surface area contributed by atoms with Crippen LogP contribution >= 0.6 is 0 Å². The summed E-state index contributed by atoms with van der Waals surface area (Å²) >= 11 is 0. The van der Waals surface area contributed by atoms with Crippen molar-refractivity contribution in [3.63, 3.8) is 0 Å². The van der Waals surface area contributed by atoms with Gasteiger partial charge in [-0.15, -0.1) is 0 Å². The number of ether oxygens (including phenoxy) is 1. The molecule has 1 spiro atoms. The quantitative estimate of drug-likeness (QED) is 0.884. The molecule has 0 amide bonds. The van der Waals surface area contributed by atoms with Gasteiger partial charge in [-0.1, -0.05) is 37.1 Å². The van der Waals surface area contributed by atoms with Gasteiger partial charge < -0.3 is 10.1 Å². The van der Waals surface area contributed by atoms with Crippen LogP contribution in [0, 0.1) is 0 Å². The molecule has 1 aromatic carbocycles. The zero-order valence-electron chi connectivity index (χ0n) is 12.2. The van der Waals surface area contributed by atoms with Crippen LogP contribution in [0.4, 0.5) is 0 Å². The highest BCUT2D eigenvalue weighted by atomic mass is 16.5. The molecule has 1 N–H and O–H groups in total. The highest BCUT2D eigenvalue weighted by molar-refractivity contribution is 5.34. The molecule has 2 heteroatoms. The van der Waals surface area contributed by atoms with Crippen LogP contribution in [0.3, 0.4) is 0 Å². The Morgan fingerprint density at radius 3 is 2.85 bits per heavy atom. The molecule has 1 saturated carbocycles. The molecule has 0 bridgehead atoms. The van der Waals surface area contributed by atoms with Crippen LogP contribution in [0.15, 0.2) is 24.3 Å². The van der Waals surface area contributed by atoms with Crippen molar-refractivity contribution in [1.29, 1.82) is 0 Å². The SMILES string of the molecule is c1ccc2c(c1)CCC2NC1CCOC2(CCCC2)C1. The third-order valence-corrected chi connectivity index (χ3v) is 5.58. The van der Waals surface area contributed by atoms with E-state index in [9.17, 15) is 0 Å². The van der Waals surface area contributed by atoms with Crippen molar-refractivity contribution >= 4 is 0 Å². The molecular formula is C18H25NO. The van der Waals surface area contributed by atoms with Gasteiger partial charge in [-0.05, 0) is 49.7 Å². The second-order valence-electron chi connectivity index (χ2n) is 6.89. The van der Waals surface area contributed by atoms with Crippen LogP contribution < -0.4 is 5.32 Å². The highest BCUT2D eigenvalue weighted by Crippen LogP contribution is 2.41. The highest BCUT2D eigenvalue weighted by Gasteiger charge is 2.40. The number of hydrogen-bond donors (Lipinski definition) is 1. The van der Waals surface area contributed by atoms with E-state index >= 15 is 0 Å². The average Bonchev–Trinajstić information content (AvgIpc) is 3.08. The normalized spacial score (nSPS) is 31.6. The van der Waals surface area contributed by atoms with Gasteiger partial charge in [-0.2, -0.15) is 0 Å². The molecule has 0 aromatic heterocycles. The molecule has 1 saturated heterocycles. The summed E-state index contributed by atoms with van der Waals surface area (Å²) in [6.45, 7) is 0.950. The molecule has 2 unspecified atom stereocenters. The maximum Gasteiger partial charge on any atom is 0.0697 e. The van der Waals surface area contributed by atoms with E-state index in [4.69, 9.17) is 4.74 Å². The van der Waals surface area contributed by atoms with Gasteiger partial charge in [-0.3, -0.25) is 0 Å². The maximum atomic E-state index is 6.15. The summed E-state index contributed by atoms with van der Waals surface area (Å²) in [6.07, 6.45) is 10.2. The molecule has 20 heavy (non-hydrogen) atoms. The summed E-state index contributed by atoms with van der Waals surface area (Å²) in [4.78, 5) is 0. The fourth-order valence-corrected chi connectivity index (χ4v) is 4.55. The summed E-state index contributed by atoms with van der Waals surface area (Å²) < 4.78 is 6.15. The van der Waals surface area contributed by atoms with Crippen LogP contribution in [-0.2, 0) is 11.2 Å². The van der Waals surface area contributed by atoms with Gasteiger partial charge in [-0.25, -0.2) is 0 Å². The fraction of sp³-hybridized carbons (Fsp3) is 0.667. The first-order valence-electron chi connectivity index (χ1n) is 8.33. The predicted molar refractivity (Wildman–Crippen MR) is 80.8 cm³/mol. The van der Waals surface area contributed by atoms with Gasteiger partial charge in [0.05, 0.1) is 5.60 Å². The number of hydrogen-bond acceptors (Lipinski definition) is 2. The summed E-state index contributed by atoms with van der Waals surface area (Å²) in [6, 6.07) is 10.2. The van der Waals surface area contributed by atoms with Gasteiger partial charge in [0.2, 0.25) is 0 Å². The van der Waals surface area contributed by atoms with Gasteiger partial charge in [0.25, 0.3) is 0 Å². The van der Waals surface area contributed by atoms with Crippen molar-refractivity contribution in [3.05, 3.63) is 35.4 Å². The minimum atomic E-state index is 0.230. The summed E-state index contributed by atoms with van der Waals surface area (Å²) in [5, 5.41) is 3.95. The van der Waals surface area contributed by atoms with Crippen LogP contribution in [0.5, 0.6) is 0 Å². The van der Waals surface area contributed by atoms with Crippen LogP contribution in [0.25, 0.3) is 0 Å². The topological polar surface area (TPSA) is 21.3 Å². The van der Waals surface area contributed by atoms with Crippen molar-refractivity contribution in [2.24, 2.45) is 0 Å². The van der Waals surface area contributed by atoms with Crippen molar-refractivity contribution < 1.29 is 4.74 Å². The number of rotatable bonds is 2. The van der Waals surface area contributed by atoms with Gasteiger partial charge in [0, 0.05) is 18.7 Å². The molecule has 2 atom stereocenters. The van der Waals surface area contributed by atoms with Crippen molar-refractivity contribution in [3.8, 4) is 0 Å². The van der Waals surface area contributed by atoms with Crippen molar-refractivity contribution in [2.45, 2.75) is 69.1 Å². The van der Waals surface area contributed by atoms with Crippen molar-refractivity contribution in [2.75, 3.05) is 6.61 Å². The molecule has 1 aliphatic heterocycles. The lowest BCUT2D eigenvalue weighted by Crippen LogP contribution is -2.46. The maximum absolute atomic E-state index is 6.15. The Morgan fingerprint density at radius 2 is 1.95 bits per heavy atom. The number of nitrogens with one attached hydrogen (secondary N) is 1. The van der Waals surface area contributed by atoms with Gasteiger partial charge >= 0.3 is 0 Å². The van der Waals surface area contributed by atoms with E-state index in [0.29, 0.717) is 12.1 Å². The van der Waals surface area contributed by atoms with E-state index in [1.165, 1.54) is 51.4 Å². The van der Waals surface area contributed by atoms with E-state index in [1.807, 2.05) is 0 Å². The molecule has 3 aliphatic rings. The lowest BCUT2D eigenvalue weighted by Gasteiger charge is -2.39. The zero-order valence-corrected chi connectivity index (χ0v) is 12.2. The first-order valence-corrected chi connectivity index (χ1v) is 8.33. The zero-order chi connectivity index (χ0) is 13.4. The lowest BCUT2D eigenvalue weighted by atomic mass is 9.88. The minimum absolute atomic E-state index is 0.230. The second-order valence-corrected chi connectivity index (χ2v) is 6.89. The number of benzene rings is 1. The Hall–Kier alpha value is -0.860. The molecule has 2 fully saturated rings. The molecule has 2 aliphatic carbocycles. The summed E-state index contributed by atoms with van der Waals surface area (Å²) in [5.41, 5.74) is 3.32. The molecule has 4 rings (SSSR count). The van der Waals surface area contributed by atoms with Gasteiger partial charge in [0.15, 0.2) is 0 Å². The van der Waals surface area contributed by atoms with Crippen LogP contribution in [0.2, 0.25) is 0 Å². The fourth-order valence-electron chi connectivity index (χ4n) is 4.55. The van der Waals surface area contributed by atoms with E-state index in [0.717, 1.165) is 6.61 Å². The Labute approximate surface area is 121 Å². The Bertz CT molecular complexity index is 478. The van der Waals surface area contributed by atoms with Gasteiger partial charge in [0.1, 0.15) is 0 Å². The third-order valence-electron chi connectivity index (χ3n) is 5.58. The molecule has 2 nitrogen and oxygen atoms in total. The molecule has 1 aromatic rings.